The number of nitrogens with zero attached hydrogens (tertiary/aromatic N) is 2. The highest BCUT2D eigenvalue weighted by atomic mass is 19.3. The van der Waals surface area contributed by atoms with Gasteiger partial charge in [-0.1, -0.05) is 5.16 Å². The largest absolute Gasteiger partial charge is 0.348 e. The number of carbonyl (C=O) groups is 1. The van der Waals surface area contributed by atoms with Crippen LogP contribution in [0.5, 0.6) is 0 Å². The van der Waals surface area contributed by atoms with Crippen molar-refractivity contribution in [2.45, 2.75) is 25.2 Å². The molecule has 2 aromatic heterocycles. The Balaban J connectivity index is 1.62. The van der Waals surface area contributed by atoms with Crippen LogP contribution in [0.3, 0.4) is 0 Å². The minimum absolute atomic E-state index is 0.0678. The molecule has 2 heterocycles. The van der Waals surface area contributed by atoms with Gasteiger partial charge in [0.2, 0.25) is 11.8 Å². The lowest BCUT2D eigenvalue weighted by atomic mass is 10.2. The third-order valence-electron chi connectivity index (χ3n) is 3.25. The zero-order chi connectivity index (χ0) is 14.3. The molecule has 1 amide bonds. The molecule has 1 aliphatic rings. The molecule has 1 aliphatic carbocycles. The molecule has 3 rings (SSSR count). The second-order valence-corrected chi connectivity index (χ2v) is 4.91. The highest BCUT2D eigenvalue weighted by Crippen LogP contribution is 2.47. The number of hydrogen-bond acceptors (Lipinski definition) is 4. The van der Waals surface area contributed by atoms with Gasteiger partial charge in [0.1, 0.15) is 0 Å². The summed E-state index contributed by atoms with van der Waals surface area (Å²) in [7, 11) is 0. The van der Waals surface area contributed by atoms with Crippen LogP contribution in [0, 0.1) is 5.92 Å². The van der Waals surface area contributed by atoms with E-state index in [-0.39, 0.29) is 23.6 Å². The molecular formula is C12H12F2N4O2. The van der Waals surface area contributed by atoms with Crippen molar-refractivity contribution in [3.63, 3.8) is 0 Å². The third-order valence-corrected chi connectivity index (χ3v) is 3.25. The summed E-state index contributed by atoms with van der Waals surface area (Å²) >= 11 is 0. The van der Waals surface area contributed by atoms with E-state index in [4.69, 9.17) is 0 Å². The lowest BCUT2D eigenvalue weighted by Gasteiger charge is -2.02. The van der Waals surface area contributed by atoms with Crippen LogP contribution >= 0.6 is 0 Å². The second-order valence-electron chi connectivity index (χ2n) is 4.91. The second kappa shape index (κ2) is 4.39. The van der Waals surface area contributed by atoms with Gasteiger partial charge in [0.15, 0.2) is 5.69 Å². The first-order valence-corrected chi connectivity index (χ1v) is 6.09. The zero-order valence-electron chi connectivity index (χ0n) is 10.6. The van der Waals surface area contributed by atoms with E-state index in [2.05, 4.69) is 25.0 Å². The van der Waals surface area contributed by atoms with E-state index in [1.807, 2.05) is 0 Å². The Morgan fingerprint density at radius 1 is 1.60 bits per heavy atom. The van der Waals surface area contributed by atoms with Crippen molar-refractivity contribution in [2.75, 3.05) is 5.32 Å². The van der Waals surface area contributed by atoms with Crippen LogP contribution in [0.2, 0.25) is 0 Å². The number of anilines is 1. The molecule has 0 radical (unpaired) electrons. The standard InChI is InChI=1S/C12H12F2N4O2/c1-12(13,14)9-3-10(20-18-9)17-11(19)7-2-6(7)8-4-15-5-16-8/h3-7H,2H2,1H3,(H,15,16)(H,17,19)/t6-,7-/m1/s1. The fraction of sp³-hybridized carbons (Fsp3) is 0.417. The molecule has 0 bridgehead atoms. The molecule has 2 aromatic rings. The van der Waals surface area contributed by atoms with Crippen LogP contribution in [0.1, 0.15) is 30.7 Å². The minimum atomic E-state index is -3.09. The number of aromatic amines is 1. The van der Waals surface area contributed by atoms with Gasteiger partial charge in [-0.3, -0.25) is 10.1 Å². The van der Waals surface area contributed by atoms with E-state index in [9.17, 15) is 13.6 Å². The lowest BCUT2D eigenvalue weighted by molar-refractivity contribution is -0.117. The molecule has 8 heteroatoms. The first-order chi connectivity index (χ1) is 9.45. The number of H-pyrrole nitrogens is 1. The Bertz CT molecular complexity index is 618. The molecule has 2 atom stereocenters. The van der Waals surface area contributed by atoms with Gasteiger partial charge in [0.25, 0.3) is 5.92 Å². The lowest BCUT2D eigenvalue weighted by Crippen LogP contribution is -2.14. The van der Waals surface area contributed by atoms with Gasteiger partial charge >= 0.3 is 0 Å². The van der Waals surface area contributed by atoms with Crippen LogP contribution in [0.15, 0.2) is 23.1 Å². The van der Waals surface area contributed by atoms with Crippen LogP contribution in [-0.2, 0) is 10.7 Å². The van der Waals surface area contributed by atoms with E-state index in [0.29, 0.717) is 13.3 Å². The van der Waals surface area contributed by atoms with Crippen molar-refractivity contribution in [3.05, 3.63) is 30.0 Å². The fourth-order valence-corrected chi connectivity index (χ4v) is 2.05. The van der Waals surface area contributed by atoms with Gasteiger partial charge in [0.05, 0.1) is 6.33 Å². The van der Waals surface area contributed by atoms with Gasteiger partial charge in [-0.25, -0.2) is 4.98 Å². The molecule has 1 saturated carbocycles. The third kappa shape index (κ3) is 2.40. The molecule has 0 saturated heterocycles. The summed E-state index contributed by atoms with van der Waals surface area (Å²) in [6.07, 6.45) is 3.91. The van der Waals surface area contributed by atoms with Gasteiger partial charge in [-0.2, -0.15) is 8.78 Å². The molecule has 6 nitrogen and oxygen atoms in total. The van der Waals surface area contributed by atoms with Crippen molar-refractivity contribution >= 4 is 11.8 Å². The highest BCUT2D eigenvalue weighted by Gasteiger charge is 2.45. The van der Waals surface area contributed by atoms with Crippen LogP contribution < -0.4 is 5.32 Å². The van der Waals surface area contributed by atoms with Crippen LogP contribution in [0.4, 0.5) is 14.7 Å². The average molecular weight is 282 g/mol. The van der Waals surface area contributed by atoms with Gasteiger partial charge in [0, 0.05) is 36.7 Å². The number of hydrogen-bond donors (Lipinski definition) is 2. The van der Waals surface area contributed by atoms with E-state index in [1.54, 1.807) is 12.5 Å². The Labute approximate surface area is 112 Å². The molecule has 0 aliphatic heterocycles. The number of carbonyl (C=O) groups excluding carboxylic acids is 1. The Hall–Kier alpha value is -2.25. The average Bonchev–Trinajstić information content (AvgIpc) is 2.79. The molecular weight excluding hydrogens is 270 g/mol. The molecule has 0 spiro atoms. The maximum absolute atomic E-state index is 13.0. The Morgan fingerprint density at radius 3 is 3.00 bits per heavy atom. The highest BCUT2D eigenvalue weighted by molar-refractivity contribution is 5.94. The van der Waals surface area contributed by atoms with Crippen molar-refractivity contribution in [3.8, 4) is 0 Å². The van der Waals surface area contributed by atoms with Gasteiger partial charge in [-0.05, 0) is 6.42 Å². The maximum Gasteiger partial charge on any atom is 0.290 e. The summed E-state index contributed by atoms with van der Waals surface area (Å²) < 4.78 is 30.6. The van der Waals surface area contributed by atoms with E-state index in [1.165, 1.54) is 0 Å². The predicted molar refractivity (Wildman–Crippen MR) is 64.1 cm³/mol. The number of halogens is 2. The molecule has 1 fully saturated rings. The fourth-order valence-electron chi connectivity index (χ4n) is 2.05. The molecule has 20 heavy (non-hydrogen) atoms. The summed E-state index contributed by atoms with van der Waals surface area (Å²) in [4.78, 5) is 18.8. The number of amides is 1. The quantitative estimate of drug-likeness (QED) is 0.900. The Morgan fingerprint density at radius 2 is 2.40 bits per heavy atom. The van der Waals surface area contributed by atoms with Crippen LogP contribution in [-0.4, -0.2) is 21.0 Å². The van der Waals surface area contributed by atoms with Crippen molar-refractivity contribution in [1.29, 1.82) is 0 Å². The molecule has 2 N–H and O–H groups in total. The summed E-state index contributed by atoms with van der Waals surface area (Å²) in [6, 6.07) is 1.03. The van der Waals surface area contributed by atoms with E-state index < -0.39 is 11.6 Å². The number of alkyl halides is 2. The first kappa shape index (κ1) is 12.8. The SMILES string of the molecule is CC(F)(F)c1cc(NC(=O)[C@@H]2C[C@H]2c2cnc[nH]2)on1. The molecule has 0 aromatic carbocycles. The van der Waals surface area contributed by atoms with E-state index >= 15 is 0 Å². The van der Waals surface area contributed by atoms with Crippen molar-refractivity contribution in [2.24, 2.45) is 5.92 Å². The number of aromatic nitrogens is 3. The zero-order valence-corrected chi connectivity index (χ0v) is 10.6. The van der Waals surface area contributed by atoms with Crippen molar-refractivity contribution < 1.29 is 18.1 Å². The molecule has 0 unspecified atom stereocenters. The topological polar surface area (TPSA) is 83.8 Å². The smallest absolute Gasteiger partial charge is 0.290 e. The maximum atomic E-state index is 13.0. The summed E-state index contributed by atoms with van der Waals surface area (Å²) in [5, 5.41) is 5.69. The van der Waals surface area contributed by atoms with Gasteiger partial charge < -0.3 is 9.51 Å². The number of imidazole rings is 1. The van der Waals surface area contributed by atoms with Crippen LogP contribution in [0.25, 0.3) is 0 Å². The minimum Gasteiger partial charge on any atom is -0.348 e. The summed E-state index contributed by atoms with van der Waals surface area (Å²) in [6.45, 7) is 0.714. The van der Waals surface area contributed by atoms with Gasteiger partial charge in [-0.15, -0.1) is 0 Å². The number of nitrogens with one attached hydrogen (secondary N) is 2. The van der Waals surface area contributed by atoms with Crippen molar-refractivity contribution in [1.82, 2.24) is 15.1 Å². The number of rotatable bonds is 4. The van der Waals surface area contributed by atoms with E-state index in [0.717, 1.165) is 11.8 Å². The summed E-state index contributed by atoms with van der Waals surface area (Å²) in [5.74, 6) is -3.54. The Kier molecular flexibility index (Phi) is 2.81. The summed E-state index contributed by atoms with van der Waals surface area (Å²) in [5.41, 5.74) is 0.386. The molecule has 106 valence electrons. The first-order valence-electron chi connectivity index (χ1n) is 6.09. The monoisotopic (exact) mass is 282 g/mol. The normalized spacial score (nSPS) is 21.8. The predicted octanol–water partition coefficient (Wildman–Crippen LogP) is 2.25.